The third kappa shape index (κ3) is 4.82. The van der Waals surface area contributed by atoms with E-state index in [0.29, 0.717) is 18.7 Å². The van der Waals surface area contributed by atoms with Crippen LogP contribution in [0.2, 0.25) is 0 Å². The van der Waals surface area contributed by atoms with Crippen LogP contribution in [-0.4, -0.2) is 36.4 Å². The fraction of sp³-hybridized carbons (Fsp3) is 0.474. The van der Waals surface area contributed by atoms with Gasteiger partial charge in [0.05, 0.1) is 24.4 Å². The van der Waals surface area contributed by atoms with Gasteiger partial charge in [0.2, 0.25) is 5.91 Å². The summed E-state index contributed by atoms with van der Waals surface area (Å²) in [4.78, 5) is 25.9. The van der Waals surface area contributed by atoms with Crippen molar-refractivity contribution in [2.24, 2.45) is 11.7 Å². The number of likely N-dealkylation sites (tertiary alicyclic amines) is 1. The summed E-state index contributed by atoms with van der Waals surface area (Å²) in [6, 6.07) is 7.84. The van der Waals surface area contributed by atoms with Crippen LogP contribution in [0.1, 0.15) is 31.2 Å². The zero-order valence-electron chi connectivity index (χ0n) is 14.4. The molecular weight excluding hydrogens is 318 g/mol. The average molecular weight is 343 g/mol. The molecule has 0 spiro atoms. The van der Waals surface area contributed by atoms with Crippen molar-refractivity contribution in [3.8, 4) is 0 Å². The normalized spacial score (nSPS) is 21.1. The molecule has 0 unspecified atom stereocenters. The molecular formula is C19H25N3O3. The summed E-state index contributed by atoms with van der Waals surface area (Å²) in [5, 5.41) is 2.94. The molecule has 25 heavy (non-hydrogen) atoms. The molecule has 2 amide bonds. The SMILES string of the molecule is NC(=O)[C@@H]1CCCN(Cc2cccc(NC(=O)C3=COCCC3)c2)C1. The highest BCUT2D eigenvalue weighted by molar-refractivity contribution is 6.03. The first-order chi connectivity index (χ1) is 12.1. The van der Waals surface area contributed by atoms with Crippen molar-refractivity contribution >= 4 is 17.5 Å². The highest BCUT2D eigenvalue weighted by Crippen LogP contribution is 2.20. The topological polar surface area (TPSA) is 84.7 Å². The first-order valence-corrected chi connectivity index (χ1v) is 8.84. The highest BCUT2D eigenvalue weighted by Gasteiger charge is 2.23. The molecule has 0 saturated carbocycles. The van der Waals surface area contributed by atoms with E-state index in [4.69, 9.17) is 10.5 Å². The van der Waals surface area contributed by atoms with Gasteiger partial charge in [0.1, 0.15) is 0 Å². The Morgan fingerprint density at radius 2 is 2.20 bits per heavy atom. The third-order valence-corrected chi connectivity index (χ3v) is 4.72. The number of primary amides is 1. The van der Waals surface area contributed by atoms with Gasteiger partial charge in [-0.1, -0.05) is 12.1 Å². The summed E-state index contributed by atoms with van der Waals surface area (Å²) in [5.74, 6) is -0.382. The van der Waals surface area contributed by atoms with E-state index in [0.717, 1.165) is 50.0 Å². The quantitative estimate of drug-likeness (QED) is 0.856. The minimum atomic E-state index is -0.214. The number of anilines is 1. The van der Waals surface area contributed by atoms with Crippen molar-refractivity contribution in [3.63, 3.8) is 0 Å². The number of carbonyl (C=O) groups excluding carboxylic acids is 2. The molecule has 3 N–H and O–H groups in total. The minimum Gasteiger partial charge on any atom is -0.501 e. The van der Waals surface area contributed by atoms with E-state index in [9.17, 15) is 9.59 Å². The van der Waals surface area contributed by atoms with Crippen LogP contribution >= 0.6 is 0 Å². The van der Waals surface area contributed by atoms with Gasteiger partial charge in [-0.2, -0.15) is 0 Å². The number of nitrogens with two attached hydrogens (primary N) is 1. The van der Waals surface area contributed by atoms with Gasteiger partial charge in [0.25, 0.3) is 5.91 Å². The molecule has 1 saturated heterocycles. The summed E-state index contributed by atoms with van der Waals surface area (Å²) in [6.45, 7) is 3.09. The van der Waals surface area contributed by atoms with Crippen LogP contribution in [0.15, 0.2) is 36.1 Å². The number of benzene rings is 1. The molecule has 3 rings (SSSR count). The highest BCUT2D eigenvalue weighted by atomic mass is 16.5. The summed E-state index contributed by atoms with van der Waals surface area (Å²) in [5.41, 5.74) is 8.01. The number of ether oxygens (including phenoxy) is 1. The Hall–Kier alpha value is -2.34. The van der Waals surface area contributed by atoms with Crippen molar-refractivity contribution < 1.29 is 14.3 Å². The molecule has 134 valence electrons. The molecule has 1 aromatic rings. The fourth-order valence-corrected chi connectivity index (χ4v) is 3.38. The molecule has 0 aromatic heterocycles. The maximum Gasteiger partial charge on any atom is 0.254 e. The molecule has 0 radical (unpaired) electrons. The molecule has 0 aliphatic carbocycles. The molecule has 2 heterocycles. The Morgan fingerprint density at radius 1 is 1.32 bits per heavy atom. The fourth-order valence-electron chi connectivity index (χ4n) is 3.38. The van der Waals surface area contributed by atoms with E-state index in [-0.39, 0.29) is 17.7 Å². The number of amides is 2. The summed E-state index contributed by atoms with van der Waals surface area (Å²) in [7, 11) is 0. The van der Waals surface area contributed by atoms with Gasteiger partial charge in [-0.3, -0.25) is 14.5 Å². The Kier molecular flexibility index (Phi) is 5.71. The van der Waals surface area contributed by atoms with Gasteiger partial charge in [-0.15, -0.1) is 0 Å². The van der Waals surface area contributed by atoms with Crippen molar-refractivity contribution in [1.29, 1.82) is 0 Å². The van der Waals surface area contributed by atoms with Crippen LogP contribution in [0.5, 0.6) is 0 Å². The van der Waals surface area contributed by atoms with Gasteiger partial charge in [0.15, 0.2) is 0 Å². The van der Waals surface area contributed by atoms with E-state index in [1.165, 1.54) is 0 Å². The Labute approximate surface area is 148 Å². The predicted molar refractivity (Wildman–Crippen MR) is 95.5 cm³/mol. The molecule has 2 aliphatic rings. The van der Waals surface area contributed by atoms with E-state index in [1.807, 2.05) is 24.3 Å². The second-order valence-electron chi connectivity index (χ2n) is 6.75. The van der Waals surface area contributed by atoms with Crippen LogP contribution in [0.3, 0.4) is 0 Å². The van der Waals surface area contributed by atoms with E-state index < -0.39 is 0 Å². The lowest BCUT2D eigenvalue weighted by Crippen LogP contribution is -2.40. The van der Waals surface area contributed by atoms with Crippen molar-refractivity contribution in [3.05, 3.63) is 41.7 Å². The number of rotatable bonds is 5. The maximum atomic E-state index is 12.3. The summed E-state index contributed by atoms with van der Waals surface area (Å²) >= 11 is 0. The zero-order valence-corrected chi connectivity index (χ0v) is 14.4. The van der Waals surface area contributed by atoms with Crippen molar-refractivity contribution in [2.75, 3.05) is 25.0 Å². The number of nitrogens with one attached hydrogen (secondary N) is 1. The lowest BCUT2D eigenvalue weighted by molar-refractivity contribution is -0.123. The molecule has 0 bridgehead atoms. The van der Waals surface area contributed by atoms with Gasteiger partial charge < -0.3 is 15.8 Å². The average Bonchev–Trinajstić information content (AvgIpc) is 2.63. The second-order valence-corrected chi connectivity index (χ2v) is 6.75. The number of carbonyl (C=O) groups is 2. The van der Waals surface area contributed by atoms with Crippen molar-refractivity contribution in [1.82, 2.24) is 4.90 Å². The van der Waals surface area contributed by atoms with Gasteiger partial charge in [-0.25, -0.2) is 0 Å². The maximum absolute atomic E-state index is 12.3. The molecule has 2 aliphatic heterocycles. The zero-order chi connectivity index (χ0) is 17.6. The number of hydrogen-bond donors (Lipinski definition) is 2. The Bertz CT molecular complexity index is 672. The first kappa shape index (κ1) is 17.5. The monoisotopic (exact) mass is 343 g/mol. The van der Waals surface area contributed by atoms with Crippen LogP contribution in [0, 0.1) is 5.92 Å². The summed E-state index contributed by atoms with van der Waals surface area (Å²) in [6.07, 6.45) is 5.03. The first-order valence-electron chi connectivity index (χ1n) is 8.84. The molecule has 1 atom stereocenters. The summed E-state index contributed by atoms with van der Waals surface area (Å²) < 4.78 is 5.23. The van der Waals surface area contributed by atoms with Crippen LogP contribution in [0.25, 0.3) is 0 Å². The number of hydrogen-bond acceptors (Lipinski definition) is 4. The molecule has 6 heteroatoms. The molecule has 1 aromatic carbocycles. The van der Waals surface area contributed by atoms with Crippen LogP contribution in [-0.2, 0) is 20.9 Å². The van der Waals surface area contributed by atoms with Crippen molar-refractivity contribution in [2.45, 2.75) is 32.2 Å². The Morgan fingerprint density at radius 3 is 2.96 bits per heavy atom. The van der Waals surface area contributed by atoms with E-state index in [2.05, 4.69) is 10.2 Å². The third-order valence-electron chi connectivity index (χ3n) is 4.72. The largest absolute Gasteiger partial charge is 0.501 e. The lowest BCUT2D eigenvalue weighted by Gasteiger charge is -2.31. The minimum absolute atomic E-state index is 0.0603. The standard InChI is InChI=1S/C19H25N3O3/c20-18(23)15-5-2-8-22(12-15)11-14-4-1-7-17(10-14)21-19(24)16-6-3-9-25-13-16/h1,4,7,10,13,15H,2-3,5-6,8-9,11-12H2,(H2,20,23)(H,21,24)/t15-/m1/s1. The van der Waals surface area contributed by atoms with E-state index in [1.54, 1.807) is 6.26 Å². The number of piperidine rings is 1. The second kappa shape index (κ2) is 8.16. The molecule has 6 nitrogen and oxygen atoms in total. The van der Waals surface area contributed by atoms with Crippen LogP contribution < -0.4 is 11.1 Å². The van der Waals surface area contributed by atoms with Gasteiger partial charge in [-0.05, 0) is 49.9 Å². The molecule has 1 fully saturated rings. The van der Waals surface area contributed by atoms with Crippen LogP contribution in [0.4, 0.5) is 5.69 Å². The lowest BCUT2D eigenvalue weighted by atomic mass is 9.97. The smallest absolute Gasteiger partial charge is 0.254 e. The predicted octanol–water partition coefficient (Wildman–Crippen LogP) is 2.02. The number of nitrogens with zero attached hydrogens (tertiary/aromatic N) is 1. The Balaban J connectivity index is 1.60. The van der Waals surface area contributed by atoms with Gasteiger partial charge in [0, 0.05) is 18.8 Å². The van der Waals surface area contributed by atoms with Gasteiger partial charge >= 0.3 is 0 Å². The van der Waals surface area contributed by atoms with E-state index >= 15 is 0 Å².